The van der Waals surface area contributed by atoms with Crippen molar-refractivity contribution in [1.82, 2.24) is 4.90 Å². The zero-order valence-electron chi connectivity index (χ0n) is 18.4. The molecule has 1 amide bonds. The van der Waals surface area contributed by atoms with Crippen molar-refractivity contribution in [2.45, 2.75) is 38.8 Å². The Morgan fingerprint density at radius 1 is 0.933 bits per heavy atom. The molecule has 0 N–H and O–H groups in total. The van der Waals surface area contributed by atoms with E-state index in [0.717, 1.165) is 16.9 Å². The summed E-state index contributed by atoms with van der Waals surface area (Å²) in [5.41, 5.74) is 1.92. The summed E-state index contributed by atoms with van der Waals surface area (Å²) in [6, 6.07) is 11.8. The van der Waals surface area contributed by atoms with Crippen LogP contribution in [0.4, 0.5) is 0 Å². The Kier molecular flexibility index (Phi) is 7.08. The summed E-state index contributed by atoms with van der Waals surface area (Å²) < 4.78 is 21.5. The summed E-state index contributed by atoms with van der Waals surface area (Å²) in [6.07, 6.45) is 2.62. The number of rotatable bonds is 10. The molecule has 0 radical (unpaired) electrons. The van der Waals surface area contributed by atoms with E-state index in [9.17, 15) is 4.79 Å². The topological polar surface area (TPSA) is 57.2 Å². The second-order valence-electron chi connectivity index (χ2n) is 7.66. The zero-order chi connectivity index (χ0) is 21.7. The SMILES string of the molecule is COc1ccc(CN(C(=O)Cc2cc(OC)c(OC)c(OC)c2)C(C)C2CC2)cc1. The molecule has 6 heteroatoms. The number of benzene rings is 2. The smallest absolute Gasteiger partial charge is 0.227 e. The predicted octanol–water partition coefficient (Wildman–Crippen LogP) is 4.09. The van der Waals surface area contributed by atoms with E-state index < -0.39 is 0 Å². The number of hydrogen-bond acceptors (Lipinski definition) is 5. The third-order valence-corrected chi connectivity index (χ3v) is 5.71. The molecule has 0 aliphatic heterocycles. The maximum absolute atomic E-state index is 13.4. The van der Waals surface area contributed by atoms with Crippen LogP contribution in [0.3, 0.4) is 0 Å². The number of carbonyl (C=O) groups is 1. The molecule has 1 aliphatic carbocycles. The van der Waals surface area contributed by atoms with Crippen molar-refractivity contribution in [2.24, 2.45) is 5.92 Å². The lowest BCUT2D eigenvalue weighted by atomic mass is 10.1. The molecule has 1 unspecified atom stereocenters. The molecular weight excluding hydrogens is 382 g/mol. The van der Waals surface area contributed by atoms with E-state index in [1.165, 1.54) is 12.8 Å². The van der Waals surface area contributed by atoms with Crippen molar-refractivity contribution in [3.63, 3.8) is 0 Å². The average Bonchev–Trinajstić information content (AvgIpc) is 3.62. The van der Waals surface area contributed by atoms with Crippen LogP contribution in [-0.2, 0) is 17.8 Å². The molecule has 1 atom stereocenters. The Morgan fingerprint density at radius 3 is 2.00 bits per heavy atom. The fourth-order valence-corrected chi connectivity index (χ4v) is 3.73. The van der Waals surface area contributed by atoms with Gasteiger partial charge in [0.25, 0.3) is 0 Å². The molecule has 0 saturated heterocycles. The van der Waals surface area contributed by atoms with Gasteiger partial charge in [-0.05, 0) is 61.1 Å². The van der Waals surface area contributed by atoms with Gasteiger partial charge >= 0.3 is 0 Å². The van der Waals surface area contributed by atoms with Gasteiger partial charge < -0.3 is 23.8 Å². The first kappa shape index (κ1) is 21.8. The quantitative estimate of drug-likeness (QED) is 0.587. The van der Waals surface area contributed by atoms with E-state index in [-0.39, 0.29) is 18.4 Å². The molecule has 1 aliphatic rings. The maximum Gasteiger partial charge on any atom is 0.227 e. The highest BCUT2D eigenvalue weighted by Crippen LogP contribution is 2.39. The van der Waals surface area contributed by atoms with E-state index in [0.29, 0.717) is 29.7 Å². The van der Waals surface area contributed by atoms with Gasteiger partial charge in [0.2, 0.25) is 11.7 Å². The lowest BCUT2D eigenvalue weighted by molar-refractivity contribution is -0.133. The summed E-state index contributed by atoms with van der Waals surface area (Å²) in [7, 11) is 6.37. The molecule has 0 heterocycles. The highest BCUT2D eigenvalue weighted by molar-refractivity contribution is 5.80. The molecule has 2 aromatic rings. The van der Waals surface area contributed by atoms with Crippen LogP contribution in [0.1, 0.15) is 30.9 Å². The van der Waals surface area contributed by atoms with Crippen LogP contribution in [0.5, 0.6) is 23.0 Å². The number of nitrogens with zero attached hydrogens (tertiary/aromatic N) is 1. The van der Waals surface area contributed by atoms with Gasteiger partial charge in [0.1, 0.15) is 5.75 Å². The first-order chi connectivity index (χ1) is 14.5. The highest BCUT2D eigenvalue weighted by Gasteiger charge is 2.34. The van der Waals surface area contributed by atoms with Crippen LogP contribution in [0.15, 0.2) is 36.4 Å². The van der Waals surface area contributed by atoms with Crippen molar-refractivity contribution in [3.05, 3.63) is 47.5 Å². The Hall–Kier alpha value is -2.89. The number of methoxy groups -OCH3 is 4. The minimum absolute atomic E-state index is 0.0829. The average molecular weight is 414 g/mol. The molecule has 0 bridgehead atoms. The standard InChI is InChI=1S/C24H31NO5/c1-16(19-8-9-19)25(15-17-6-10-20(27-2)11-7-17)23(26)14-18-12-21(28-3)24(30-5)22(13-18)29-4/h6-7,10-13,16,19H,8-9,14-15H2,1-5H3. The van der Waals surface area contributed by atoms with E-state index >= 15 is 0 Å². The fraction of sp³-hybridized carbons (Fsp3) is 0.458. The Balaban J connectivity index is 1.82. The van der Waals surface area contributed by atoms with Crippen LogP contribution in [0.2, 0.25) is 0 Å². The van der Waals surface area contributed by atoms with Crippen LogP contribution in [0, 0.1) is 5.92 Å². The number of carbonyl (C=O) groups excluding carboxylic acids is 1. The Labute approximate surface area is 178 Å². The molecule has 162 valence electrons. The van der Waals surface area contributed by atoms with E-state index in [1.807, 2.05) is 41.3 Å². The van der Waals surface area contributed by atoms with Gasteiger partial charge in [-0.1, -0.05) is 12.1 Å². The van der Waals surface area contributed by atoms with E-state index in [4.69, 9.17) is 18.9 Å². The first-order valence-electron chi connectivity index (χ1n) is 10.2. The molecule has 3 rings (SSSR count). The second kappa shape index (κ2) is 9.74. The van der Waals surface area contributed by atoms with Gasteiger partial charge in [-0.25, -0.2) is 0 Å². The number of amides is 1. The van der Waals surface area contributed by atoms with Gasteiger partial charge in [0, 0.05) is 12.6 Å². The lowest BCUT2D eigenvalue weighted by Gasteiger charge is -2.30. The monoisotopic (exact) mass is 413 g/mol. The summed E-state index contributed by atoms with van der Waals surface area (Å²) >= 11 is 0. The lowest BCUT2D eigenvalue weighted by Crippen LogP contribution is -2.40. The largest absolute Gasteiger partial charge is 0.497 e. The van der Waals surface area contributed by atoms with E-state index in [2.05, 4.69) is 6.92 Å². The molecule has 0 spiro atoms. The summed E-state index contributed by atoms with van der Waals surface area (Å²) in [4.78, 5) is 15.3. The number of hydrogen-bond donors (Lipinski definition) is 0. The highest BCUT2D eigenvalue weighted by atomic mass is 16.5. The Morgan fingerprint density at radius 2 is 1.53 bits per heavy atom. The van der Waals surface area contributed by atoms with Gasteiger partial charge in [0.15, 0.2) is 11.5 Å². The van der Waals surface area contributed by atoms with Crippen LogP contribution in [0.25, 0.3) is 0 Å². The van der Waals surface area contributed by atoms with Crippen molar-refractivity contribution < 1.29 is 23.7 Å². The van der Waals surface area contributed by atoms with E-state index in [1.54, 1.807) is 28.4 Å². The van der Waals surface area contributed by atoms with Crippen molar-refractivity contribution in [3.8, 4) is 23.0 Å². The predicted molar refractivity (Wildman–Crippen MR) is 116 cm³/mol. The van der Waals surface area contributed by atoms with Crippen molar-refractivity contribution in [2.75, 3.05) is 28.4 Å². The normalized spacial score (nSPS) is 14.0. The van der Waals surface area contributed by atoms with Gasteiger partial charge in [-0.2, -0.15) is 0 Å². The van der Waals surface area contributed by atoms with Crippen LogP contribution in [-0.4, -0.2) is 45.3 Å². The molecule has 1 saturated carbocycles. The van der Waals surface area contributed by atoms with Gasteiger partial charge in [-0.15, -0.1) is 0 Å². The van der Waals surface area contributed by atoms with Gasteiger partial charge in [0.05, 0.1) is 34.9 Å². The minimum atomic E-state index is 0.0829. The maximum atomic E-state index is 13.4. The third kappa shape index (κ3) is 4.99. The Bertz CT molecular complexity index is 835. The zero-order valence-corrected chi connectivity index (χ0v) is 18.4. The third-order valence-electron chi connectivity index (χ3n) is 5.71. The van der Waals surface area contributed by atoms with Crippen molar-refractivity contribution in [1.29, 1.82) is 0 Å². The van der Waals surface area contributed by atoms with Crippen molar-refractivity contribution >= 4 is 5.91 Å². The molecule has 2 aromatic carbocycles. The molecule has 30 heavy (non-hydrogen) atoms. The summed E-state index contributed by atoms with van der Waals surface area (Å²) in [5.74, 6) is 3.10. The second-order valence-corrected chi connectivity index (χ2v) is 7.66. The summed E-state index contributed by atoms with van der Waals surface area (Å²) in [5, 5.41) is 0. The van der Waals surface area contributed by atoms with Gasteiger partial charge in [-0.3, -0.25) is 4.79 Å². The molecule has 1 fully saturated rings. The fourth-order valence-electron chi connectivity index (χ4n) is 3.73. The van der Waals surface area contributed by atoms with Crippen LogP contribution < -0.4 is 18.9 Å². The molecule has 0 aromatic heterocycles. The first-order valence-corrected chi connectivity index (χ1v) is 10.2. The minimum Gasteiger partial charge on any atom is -0.497 e. The molecule has 6 nitrogen and oxygen atoms in total. The molecular formula is C24H31NO5. The summed E-state index contributed by atoms with van der Waals surface area (Å²) in [6.45, 7) is 2.72. The number of ether oxygens (including phenoxy) is 4. The van der Waals surface area contributed by atoms with Crippen LogP contribution >= 0.6 is 0 Å².